The van der Waals surface area contributed by atoms with Crippen LogP contribution in [0.15, 0.2) is 48.6 Å². The zero-order valence-corrected chi connectivity index (χ0v) is 10.9. The van der Waals surface area contributed by atoms with Crippen LogP contribution in [0.4, 0.5) is 0 Å². The monoisotopic (exact) mass is 262 g/mol. The van der Waals surface area contributed by atoms with Gasteiger partial charge in [0.05, 0.1) is 6.10 Å². The Kier molecular flexibility index (Phi) is 5.12. The first-order chi connectivity index (χ1) is 9.29. The Hall–Kier alpha value is -1.65. The number of rotatable bonds is 1. The van der Waals surface area contributed by atoms with Crippen molar-refractivity contribution in [3.05, 3.63) is 48.6 Å². The molecule has 2 aliphatic heterocycles. The summed E-state index contributed by atoms with van der Waals surface area (Å²) in [6.07, 6.45) is 15.1. The summed E-state index contributed by atoms with van der Waals surface area (Å²) in [5.74, 6) is -0.163. The smallest absolute Gasteiger partial charge is 0.330 e. The number of hydrogen-bond acceptors (Lipinski definition) is 4. The lowest BCUT2D eigenvalue weighted by Gasteiger charge is -2.10. The van der Waals surface area contributed by atoms with Crippen LogP contribution in [0.5, 0.6) is 0 Å². The lowest BCUT2D eigenvalue weighted by Crippen LogP contribution is -2.13. The molecule has 2 heterocycles. The molecule has 0 amide bonds. The molecule has 0 aromatic rings. The van der Waals surface area contributed by atoms with E-state index in [9.17, 15) is 4.79 Å². The molecule has 0 aromatic heterocycles. The quantitative estimate of drug-likeness (QED) is 0.679. The van der Waals surface area contributed by atoms with Gasteiger partial charge in [0.2, 0.25) is 0 Å². The largest absolute Gasteiger partial charge is 0.458 e. The molecule has 3 atom stereocenters. The van der Waals surface area contributed by atoms with Crippen molar-refractivity contribution in [1.29, 1.82) is 0 Å². The molecule has 4 heteroatoms. The normalized spacial score (nSPS) is 37.9. The maximum atomic E-state index is 11.5. The Bertz CT molecular complexity index is 420. The number of methoxy groups -OCH3 is 1. The molecule has 0 spiro atoms. The molecule has 19 heavy (non-hydrogen) atoms. The van der Waals surface area contributed by atoms with E-state index in [2.05, 4.69) is 6.08 Å². The summed E-state index contributed by atoms with van der Waals surface area (Å²) >= 11 is 0. The molecular formula is C15H18O4. The van der Waals surface area contributed by atoms with E-state index in [4.69, 9.17) is 14.2 Å². The van der Waals surface area contributed by atoms with Crippen molar-refractivity contribution >= 4 is 5.97 Å². The summed E-state index contributed by atoms with van der Waals surface area (Å²) < 4.78 is 15.9. The molecule has 1 saturated heterocycles. The van der Waals surface area contributed by atoms with E-state index in [1.54, 1.807) is 19.3 Å². The summed E-state index contributed by atoms with van der Waals surface area (Å²) in [6.45, 7) is 0.271. The predicted molar refractivity (Wildman–Crippen MR) is 71.3 cm³/mol. The molecule has 0 N–H and O–H groups in total. The minimum atomic E-state index is -0.361. The summed E-state index contributed by atoms with van der Waals surface area (Å²) in [6, 6.07) is 0. The molecule has 1 fully saturated rings. The molecule has 4 nitrogen and oxygen atoms in total. The standard InChI is InChI=1S/C15H18O4/c1-17-15-11-12-7-5-3-2-4-6-10-18-14(16)9-8-13(12)19-15/h2-9,12-13,15H,10-11H2,1H3/b3-2+,6-4-,7-5-,9-8+/t12-,13+,15-/m1/s1. The highest BCUT2D eigenvalue weighted by atomic mass is 16.7. The van der Waals surface area contributed by atoms with Crippen LogP contribution in [0.25, 0.3) is 0 Å². The SMILES string of the molecule is CO[C@H]1C[C@H]2\C=C/C=C/C=C\COC(=O)/C=C/[C@@H]2O1. The Morgan fingerprint density at radius 2 is 2.05 bits per heavy atom. The number of ether oxygens (including phenoxy) is 3. The van der Waals surface area contributed by atoms with Crippen molar-refractivity contribution in [3.63, 3.8) is 0 Å². The van der Waals surface area contributed by atoms with Crippen molar-refractivity contribution in [2.45, 2.75) is 18.8 Å². The third kappa shape index (κ3) is 4.19. The summed E-state index contributed by atoms with van der Waals surface area (Å²) in [7, 11) is 1.62. The highest BCUT2D eigenvalue weighted by Crippen LogP contribution is 2.29. The van der Waals surface area contributed by atoms with Gasteiger partial charge in [-0.05, 0) is 12.2 Å². The first-order valence-corrected chi connectivity index (χ1v) is 6.33. The van der Waals surface area contributed by atoms with Gasteiger partial charge >= 0.3 is 5.97 Å². The van der Waals surface area contributed by atoms with Crippen LogP contribution in [0.3, 0.4) is 0 Å². The van der Waals surface area contributed by atoms with Crippen LogP contribution in [-0.4, -0.2) is 32.1 Å². The van der Waals surface area contributed by atoms with Crippen LogP contribution in [0.2, 0.25) is 0 Å². The second-order valence-corrected chi connectivity index (χ2v) is 4.35. The van der Waals surface area contributed by atoms with E-state index in [-0.39, 0.29) is 30.9 Å². The number of fused-ring (bicyclic) bond motifs is 1. The average molecular weight is 262 g/mol. The number of cyclic esters (lactones) is 1. The first kappa shape index (κ1) is 13.8. The van der Waals surface area contributed by atoms with Gasteiger partial charge in [0, 0.05) is 25.5 Å². The number of allylic oxidation sites excluding steroid dienone is 4. The van der Waals surface area contributed by atoms with Gasteiger partial charge in [-0.25, -0.2) is 4.79 Å². The molecule has 0 unspecified atom stereocenters. The summed E-state index contributed by atoms with van der Waals surface area (Å²) in [5, 5.41) is 0. The molecule has 2 aliphatic rings. The first-order valence-electron chi connectivity index (χ1n) is 6.33. The van der Waals surface area contributed by atoms with E-state index in [0.717, 1.165) is 6.42 Å². The molecule has 0 saturated carbocycles. The van der Waals surface area contributed by atoms with Crippen molar-refractivity contribution in [3.8, 4) is 0 Å². The van der Waals surface area contributed by atoms with Gasteiger partial charge in [-0.1, -0.05) is 30.4 Å². The van der Waals surface area contributed by atoms with E-state index in [0.29, 0.717) is 0 Å². The van der Waals surface area contributed by atoms with Gasteiger partial charge < -0.3 is 14.2 Å². The topological polar surface area (TPSA) is 44.8 Å². The fraction of sp³-hybridized carbons (Fsp3) is 0.400. The zero-order valence-electron chi connectivity index (χ0n) is 10.9. The van der Waals surface area contributed by atoms with E-state index in [1.807, 2.05) is 24.3 Å². The van der Waals surface area contributed by atoms with Gasteiger partial charge in [0.25, 0.3) is 0 Å². The Morgan fingerprint density at radius 3 is 2.89 bits per heavy atom. The van der Waals surface area contributed by atoms with Crippen molar-refractivity contribution in [1.82, 2.24) is 0 Å². The maximum absolute atomic E-state index is 11.5. The van der Waals surface area contributed by atoms with E-state index in [1.165, 1.54) is 6.08 Å². The predicted octanol–water partition coefficient (Wildman–Crippen LogP) is 2.15. The van der Waals surface area contributed by atoms with Crippen molar-refractivity contribution in [2.24, 2.45) is 5.92 Å². The van der Waals surface area contributed by atoms with Crippen LogP contribution in [0, 0.1) is 5.92 Å². The number of carbonyl (C=O) groups excluding carboxylic acids is 1. The Labute approximate surface area is 113 Å². The fourth-order valence-corrected chi connectivity index (χ4v) is 2.04. The fourth-order valence-electron chi connectivity index (χ4n) is 2.04. The summed E-state index contributed by atoms with van der Waals surface area (Å²) in [4.78, 5) is 11.5. The molecular weight excluding hydrogens is 244 g/mol. The van der Waals surface area contributed by atoms with Crippen molar-refractivity contribution in [2.75, 3.05) is 13.7 Å². The molecule has 0 aliphatic carbocycles. The maximum Gasteiger partial charge on any atom is 0.330 e. The number of esters is 1. The lowest BCUT2D eigenvalue weighted by atomic mass is 10.00. The Balaban J connectivity index is 2.13. The van der Waals surface area contributed by atoms with Gasteiger partial charge in [0.1, 0.15) is 6.61 Å². The highest BCUT2D eigenvalue weighted by molar-refractivity contribution is 5.82. The van der Waals surface area contributed by atoms with Crippen LogP contribution < -0.4 is 0 Å². The van der Waals surface area contributed by atoms with Crippen LogP contribution >= 0.6 is 0 Å². The number of carbonyl (C=O) groups is 1. The number of hydrogen-bond donors (Lipinski definition) is 0. The molecule has 102 valence electrons. The zero-order chi connectivity index (χ0) is 13.5. The average Bonchev–Trinajstić information content (AvgIpc) is 2.81. The van der Waals surface area contributed by atoms with E-state index >= 15 is 0 Å². The van der Waals surface area contributed by atoms with Gasteiger partial charge in [-0.2, -0.15) is 0 Å². The molecule has 2 rings (SSSR count). The third-order valence-electron chi connectivity index (χ3n) is 3.03. The highest BCUT2D eigenvalue weighted by Gasteiger charge is 2.31. The third-order valence-corrected chi connectivity index (χ3v) is 3.03. The van der Waals surface area contributed by atoms with Crippen molar-refractivity contribution < 1.29 is 19.0 Å². The molecule has 0 aromatic carbocycles. The second-order valence-electron chi connectivity index (χ2n) is 4.35. The lowest BCUT2D eigenvalue weighted by molar-refractivity contribution is -0.136. The Morgan fingerprint density at radius 1 is 1.21 bits per heavy atom. The molecule has 0 bridgehead atoms. The van der Waals surface area contributed by atoms with Crippen LogP contribution in [-0.2, 0) is 19.0 Å². The van der Waals surface area contributed by atoms with E-state index < -0.39 is 0 Å². The minimum absolute atomic E-state index is 0.157. The van der Waals surface area contributed by atoms with Crippen LogP contribution in [0.1, 0.15) is 6.42 Å². The summed E-state index contributed by atoms with van der Waals surface area (Å²) in [5.41, 5.74) is 0. The molecule has 0 radical (unpaired) electrons. The van der Waals surface area contributed by atoms with Gasteiger partial charge in [0.15, 0.2) is 6.29 Å². The minimum Gasteiger partial charge on any atom is -0.458 e. The van der Waals surface area contributed by atoms with Gasteiger partial charge in [-0.3, -0.25) is 0 Å². The van der Waals surface area contributed by atoms with Gasteiger partial charge in [-0.15, -0.1) is 0 Å². The second kappa shape index (κ2) is 7.07.